The van der Waals surface area contributed by atoms with Crippen molar-refractivity contribution in [3.05, 3.63) is 10.6 Å². The molecule has 0 saturated carbocycles. The first-order valence-electron chi connectivity index (χ1n) is 5.27. The number of nitrogen functional groups attached to an aromatic ring is 1. The van der Waals surface area contributed by atoms with Gasteiger partial charge in [0.25, 0.3) is 5.91 Å². The Bertz CT molecular complexity index is 471. The highest BCUT2D eigenvalue weighted by Gasteiger charge is 2.35. The number of amides is 1. The number of aromatic nitrogens is 1. The fraction of sp³-hybridized carbons (Fsp3) is 0.500. The second kappa shape index (κ2) is 4.33. The van der Waals surface area contributed by atoms with Crippen molar-refractivity contribution in [3.8, 4) is 0 Å². The third-order valence-electron chi connectivity index (χ3n) is 2.81. The summed E-state index contributed by atoms with van der Waals surface area (Å²) in [7, 11) is 0. The van der Waals surface area contributed by atoms with Crippen LogP contribution < -0.4 is 5.73 Å². The van der Waals surface area contributed by atoms with Crippen molar-refractivity contribution in [2.24, 2.45) is 0 Å². The Morgan fingerprint density at radius 1 is 1.59 bits per heavy atom. The van der Waals surface area contributed by atoms with Gasteiger partial charge in [-0.25, -0.2) is 9.78 Å². The lowest BCUT2D eigenvalue weighted by Crippen LogP contribution is -2.40. The number of rotatable bonds is 2. The molecule has 1 atom stereocenters. The van der Waals surface area contributed by atoms with Crippen molar-refractivity contribution < 1.29 is 14.7 Å². The number of aliphatic carboxylic acids is 1. The third-order valence-corrected chi connectivity index (χ3v) is 3.78. The van der Waals surface area contributed by atoms with Crippen LogP contribution in [0.5, 0.6) is 0 Å². The number of hydrogen-bond donors (Lipinski definition) is 2. The Kier molecular flexibility index (Phi) is 3.01. The maximum absolute atomic E-state index is 12.2. The molecule has 6 nitrogen and oxygen atoms in total. The van der Waals surface area contributed by atoms with Crippen LogP contribution in [0.3, 0.4) is 0 Å². The zero-order valence-corrected chi connectivity index (χ0v) is 10.2. The van der Waals surface area contributed by atoms with Gasteiger partial charge >= 0.3 is 5.97 Å². The zero-order valence-electron chi connectivity index (χ0n) is 9.34. The van der Waals surface area contributed by atoms with Crippen LogP contribution in [0.2, 0.25) is 0 Å². The van der Waals surface area contributed by atoms with Gasteiger partial charge in [0.1, 0.15) is 10.9 Å². The second-order valence-electron chi connectivity index (χ2n) is 3.96. The number of thiazole rings is 1. The summed E-state index contributed by atoms with van der Waals surface area (Å²) in [6.07, 6.45) is 1.23. The number of carboxylic acids is 1. The van der Waals surface area contributed by atoms with Crippen LogP contribution in [0.1, 0.15) is 28.2 Å². The van der Waals surface area contributed by atoms with Gasteiger partial charge in [-0.1, -0.05) is 11.3 Å². The van der Waals surface area contributed by atoms with E-state index in [1.54, 1.807) is 6.92 Å². The maximum atomic E-state index is 12.2. The van der Waals surface area contributed by atoms with Crippen LogP contribution in [0, 0.1) is 6.92 Å². The van der Waals surface area contributed by atoms with E-state index in [9.17, 15) is 9.59 Å². The van der Waals surface area contributed by atoms with Gasteiger partial charge in [-0.15, -0.1) is 0 Å². The van der Waals surface area contributed by atoms with Crippen molar-refractivity contribution in [1.29, 1.82) is 0 Å². The quantitative estimate of drug-likeness (QED) is 0.811. The van der Waals surface area contributed by atoms with Gasteiger partial charge in [0.05, 0.1) is 5.69 Å². The van der Waals surface area contributed by atoms with Crippen LogP contribution in [0.15, 0.2) is 0 Å². The molecule has 1 aromatic heterocycles. The summed E-state index contributed by atoms with van der Waals surface area (Å²) in [5.74, 6) is -1.23. The molecular formula is C10H13N3O3S. The molecule has 1 fully saturated rings. The number of carbonyl (C=O) groups excluding carboxylic acids is 1. The van der Waals surface area contributed by atoms with Gasteiger partial charge < -0.3 is 15.7 Å². The summed E-state index contributed by atoms with van der Waals surface area (Å²) in [6, 6.07) is -0.717. The van der Waals surface area contributed by atoms with E-state index in [2.05, 4.69) is 4.98 Å². The van der Waals surface area contributed by atoms with Gasteiger partial charge in [-0.05, 0) is 19.8 Å². The smallest absolute Gasteiger partial charge is 0.326 e. The Labute approximate surface area is 102 Å². The number of anilines is 1. The fourth-order valence-corrected chi connectivity index (χ4v) is 2.80. The molecule has 17 heavy (non-hydrogen) atoms. The Hall–Kier alpha value is -1.63. The first-order valence-corrected chi connectivity index (χ1v) is 6.09. The van der Waals surface area contributed by atoms with Crippen LogP contribution >= 0.6 is 11.3 Å². The first kappa shape index (κ1) is 11.8. The lowest BCUT2D eigenvalue weighted by Gasteiger charge is -2.20. The number of likely N-dealkylation sites (tertiary alicyclic amines) is 1. The van der Waals surface area contributed by atoms with Gasteiger partial charge in [0.2, 0.25) is 0 Å². The number of hydrogen-bond acceptors (Lipinski definition) is 5. The average molecular weight is 255 g/mol. The molecule has 2 heterocycles. The van der Waals surface area contributed by atoms with Crippen molar-refractivity contribution in [2.75, 3.05) is 12.3 Å². The minimum absolute atomic E-state index is 0.276. The highest BCUT2D eigenvalue weighted by Crippen LogP contribution is 2.26. The van der Waals surface area contributed by atoms with Crippen molar-refractivity contribution in [2.45, 2.75) is 25.8 Å². The van der Waals surface area contributed by atoms with Gasteiger partial charge in [-0.3, -0.25) is 4.79 Å². The predicted octanol–water partition coefficient (Wildman–Crippen LogP) is 0.723. The molecule has 0 aromatic carbocycles. The van der Waals surface area contributed by atoms with E-state index in [0.29, 0.717) is 28.7 Å². The van der Waals surface area contributed by atoms with Gasteiger partial charge in [0, 0.05) is 6.54 Å². The molecule has 0 bridgehead atoms. The monoisotopic (exact) mass is 255 g/mol. The highest BCUT2D eigenvalue weighted by molar-refractivity contribution is 7.17. The van der Waals surface area contributed by atoms with E-state index in [-0.39, 0.29) is 5.91 Å². The number of carbonyl (C=O) groups is 2. The summed E-state index contributed by atoms with van der Waals surface area (Å²) in [4.78, 5) is 29.0. The highest BCUT2D eigenvalue weighted by atomic mass is 32.1. The maximum Gasteiger partial charge on any atom is 0.326 e. The minimum atomic E-state index is -0.953. The normalized spacial score (nSPS) is 19.6. The van der Waals surface area contributed by atoms with Crippen LogP contribution in [0.25, 0.3) is 0 Å². The molecule has 7 heteroatoms. The first-order chi connectivity index (χ1) is 8.00. The molecule has 1 saturated heterocycles. The number of carboxylic acid groups (broad SMARTS) is 1. The summed E-state index contributed by atoms with van der Waals surface area (Å²) >= 11 is 1.11. The second-order valence-corrected chi connectivity index (χ2v) is 4.99. The lowest BCUT2D eigenvalue weighted by molar-refractivity contribution is -0.141. The van der Waals surface area contributed by atoms with E-state index >= 15 is 0 Å². The van der Waals surface area contributed by atoms with E-state index in [1.165, 1.54) is 4.90 Å². The Morgan fingerprint density at radius 3 is 2.82 bits per heavy atom. The van der Waals surface area contributed by atoms with Crippen molar-refractivity contribution in [1.82, 2.24) is 9.88 Å². The van der Waals surface area contributed by atoms with Crippen LogP contribution in [-0.4, -0.2) is 39.5 Å². The van der Waals surface area contributed by atoms with E-state index in [4.69, 9.17) is 10.8 Å². The predicted molar refractivity (Wildman–Crippen MR) is 63.0 cm³/mol. The topological polar surface area (TPSA) is 96.5 Å². The largest absolute Gasteiger partial charge is 0.480 e. The zero-order chi connectivity index (χ0) is 12.6. The van der Waals surface area contributed by atoms with E-state index in [0.717, 1.165) is 17.8 Å². The third kappa shape index (κ3) is 2.10. The van der Waals surface area contributed by atoms with Gasteiger partial charge in [-0.2, -0.15) is 0 Å². The molecule has 1 aromatic rings. The molecule has 2 rings (SSSR count). The molecule has 0 unspecified atom stereocenters. The average Bonchev–Trinajstić information content (AvgIpc) is 2.83. The SMILES string of the molecule is Cc1nc(N)sc1C(=O)N1CCC[C@H]1C(=O)O. The number of nitrogens with two attached hydrogens (primary N) is 1. The van der Waals surface area contributed by atoms with Crippen molar-refractivity contribution >= 4 is 28.3 Å². The molecule has 92 valence electrons. The molecule has 1 aliphatic rings. The summed E-state index contributed by atoms with van der Waals surface area (Å²) in [5, 5.41) is 9.35. The molecule has 3 N–H and O–H groups in total. The Balaban J connectivity index is 2.25. The van der Waals surface area contributed by atoms with Gasteiger partial charge in [0.15, 0.2) is 5.13 Å². The molecule has 0 spiro atoms. The molecule has 1 amide bonds. The molecule has 1 aliphatic heterocycles. The molecular weight excluding hydrogens is 242 g/mol. The minimum Gasteiger partial charge on any atom is -0.480 e. The lowest BCUT2D eigenvalue weighted by atomic mass is 10.2. The summed E-state index contributed by atoms with van der Waals surface area (Å²) in [5.41, 5.74) is 6.09. The van der Waals surface area contributed by atoms with E-state index in [1.807, 2.05) is 0 Å². The fourth-order valence-electron chi connectivity index (χ4n) is 2.01. The summed E-state index contributed by atoms with van der Waals surface area (Å²) in [6.45, 7) is 2.18. The number of aryl methyl sites for hydroxylation is 1. The standard InChI is InChI=1S/C10H13N3O3S/c1-5-7(17-10(11)12-5)8(14)13-4-2-3-6(13)9(15)16/h6H,2-4H2,1H3,(H2,11,12)(H,15,16)/t6-/m0/s1. The van der Waals surface area contributed by atoms with Crippen molar-refractivity contribution in [3.63, 3.8) is 0 Å². The Morgan fingerprint density at radius 2 is 2.29 bits per heavy atom. The van der Waals surface area contributed by atoms with Crippen LogP contribution in [-0.2, 0) is 4.79 Å². The number of nitrogens with zero attached hydrogens (tertiary/aromatic N) is 2. The summed E-state index contributed by atoms with van der Waals surface area (Å²) < 4.78 is 0. The van der Waals surface area contributed by atoms with E-state index < -0.39 is 12.0 Å². The van der Waals surface area contributed by atoms with Crippen LogP contribution in [0.4, 0.5) is 5.13 Å². The molecule has 0 radical (unpaired) electrons. The molecule has 0 aliphatic carbocycles.